The molecule has 0 fully saturated rings. The average molecular weight is 187 g/mol. The Morgan fingerprint density at radius 2 is 2.23 bits per heavy atom. The quantitative estimate of drug-likeness (QED) is 0.673. The van der Waals surface area contributed by atoms with Crippen molar-refractivity contribution in [2.24, 2.45) is 0 Å². The van der Waals surface area contributed by atoms with Gasteiger partial charge in [-0.2, -0.15) is 0 Å². The van der Waals surface area contributed by atoms with Crippen molar-refractivity contribution in [2.45, 2.75) is 0 Å². The molecular weight excluding hydrogens is 175 g/mol. The number of methoxy groups -OCH3 is 2. The van der Waals surface area contributed by atoms with Gasteiger partial charge in [0.25, 0.3) is 0 Å². The largest absolute Gasteiger partial charge is 0.494 e. The molecule has 1 aromatic carbocycles. The summed E-state index contributed by atoms with van der Waals surface area (Å²) < 4.78 is 34.9. The van der Waals surface area contributed by atoms with Crippen LogP contribution in [-0.4, -0.2) is 21.0 Å². The zero-order valence-electron chi connectivity index (χ0n) is 8.46. The Morgan fingerprint density at radius 1 is 1.46 bits per heavy atom. The fourth-order valence-corrected chi connectivity index (χ4v) is 0.800. The molecule has 0 heterocycles. The van der Waals surface area contributed by atoms with E-state index in [1.165, 1.54) is 26.4 Å². The van der Waals surface area contributed by atoms with Crippen LogP contribution in [0.3, 0.4) is 0 Å². The second-order valence-electron chi connectivity index (χ2n) is 2.26. The molecule has 0 saturated carbocycles. The van der Waals surface area contributed by atoms with Gasteiger partial charge in [0.1, 0.15) is 5.75 Å². The Hall–Kier alpha value is -1.29. The topological polar surface area (TPSA) is 27.7 Å². The highest BCUT2D eigenvalue weighted by molar-refractivity contribution is 5.32. The van der Waals surface area contributed by atoms with Gasteiger partial charge in [-0.05, 0) is 12.1 Å². The molecule has 1 aromatic rings. The van der Waals surface area contributed by atoms with Gasteiger partial charge in [-0.15, -0.1) is 0 Å². The van der Waals surface area contributed by atoms with Gasteiger partial charge in [0.15, 0.2) is 18.4 Å². The lowest BCUT2D eigenvalue weighted by atomic mass is 10.3. The highest BCUT2D eigenvalue weighted by Crippen LogP contribution is 2.21. The second kappa shape index (κ2) is 4.67. The molecule has 0 atom stereocenters. The van der Waals surface area contributed by atoms with Crippen LogP contribution in [0.2, 0.25) is 0 Å². The van der Waals surface area contributed by atoms with Crippen molar-refractivity contribution >= 4 is 0 Å². The van der Waals surface area contributed by atoms with Crippen LogP contribution in [-0.2, 0) is 4.74 Å². The van der Waals surface area contributed by atoms with Crippen LogP contribution in [0.25, 0.3) is 0 Å². The smallest absolute Gasteiger partial charge is 0.188 e. The first-order chi connectivity index (χ1) is 6.70. The van der Waals surface area contributed by atoms with Crippen molar-refractivity contribution in [3.05, 3.63) is 24.0 Å². The van der Waals surface area contributed by atoms with Crippen LogP contribution >= 0.6 is 0 Å². The first-order valence-corrected chi connectivity index (χ1v) is 3.65. The Kier molecular flexibility index (Phi) is 2.98. The van der Waals surface area contributed by atoms with Gasteiger partial charge in [-0.1, -0.05) is 0 Å². The number of hydrogen-bond acceptors (Lipinski definition) is 3. The predicted molar refractivity (Wildman–Crippen MR) is 45.5 cm³/mol. The molecule has 13 heavy (non-hydrogen) atoms. The molecule has 0 aliphatic rings. The minimum absolute atomic E-state index is 0.0162. The molecule has 0 spiro atoms. The van der Waals surface area contributed by atoms with Crippen molar-refractivity contribution in [3.63, 3.8) is 0 Å². The van der Waals surface area contributed by atoms with E-state index in [1.54, 1.807) is 0 Å². The Bertz CT molecular complexity index is 317. The molecule has 72 valence electrons. The zero-order valence-corrected chi connectivity index (χ0v) is 7.46. The van der Waals surface area contributed by atoms with E-state index < -0.39 is 5.82 Å². The summed E-state index contributed by atoms with van der Waals surface area (Å²) in [5, 5.41) is 0. The number of benzene rings is 1. The van der Waals surface area contributed by atoms with E-state index in [9.17, 15) is 4.39 Å². The normalized spacial score (nSPS) is 10.8. The van der Waals surface area contributed by atoms with Crippen molar-refractivity contribution in [3.8, 4) is 11.5 Å². The van der Waals surface area contributed by atoms with Crippen LogP contribution in [0.4, 0.5) is 4.39 Å². The van der Waals surface area contributed by atoms with Crippen LogP contribution < -0.4 is 9.47 Å². The summed E-state index contributed by atoms with van der Waals surface area (Å²) in [7, 11) is 2.79. The standard InChI is InChI=1S/C9H11FO3/c1-11-6-13-7-3-4-9(12-2)8(10)5-7/h3-5H,6H2,1-2H3/i5D. The molecule has 0 aliphatic carbocycles. The molecule has 4 heteroatoms. The first kappa shape index (κ1) is 8.31. The van der Waals surface area contributed by atoms with E-state index in [0.29, 0.717) is 0 Å². The summed E-state index contributed by atoms with van der Waals surface area (Å²) in [4.78, 5) is 0. The Labute approximate surface area is 77.4 Å². The van der Waals surface area contributed by atoms with Crippen molar-refractivity contribution in [1.82, 2.24) is 0 Å². The molecule has 0 aliphatic heterocycles. The van der Waals surface area contributed by atoms with Crippen LogP contribution in [0, 0.1) is 5.82 Å². The summed E-state index contributed by atoms with van der Waals surface area (Å²) >= 11 is 0. The second-order valence-corrected chi connectivity index (χ2v) is 2.26. The van der Waals surface area contributed by atoms with Gasteiger partial charge in [0, 0.05) is 13.2 Å². The maximum Gasteiger partial charge on any atom is 0.188 e. The number of hydrogen-bond donors (Lipinski definition) is 0. The number of halogens is 1. The van der Waals surface area contributed by atoms with Gasteiger partial charge >= 0.3 is 0 Å². The molecule has 1 rings (SSSR count). The van der Waals surface area contributed by atoms with Gasteiger partial charge in [0.2, 0.25) is 0 Å². The molecule has 0 amide bonds. The Balaban J connectivity index is 2.92. The van der Waals surface area contributed by atoms with E-state index in [-0.39, 0.29) is 24.3 Å². The zero-order chi connectivity index (χ0) is 10.6. The maximum atomic E-state index is 13.3. The van der Waals surface area contributed by atoms with E-state index in [0.717, 1.165) is 0 Å². The minimum atomic E-state index is -0.735. The fourth-order valence-electron chi connectivity index (χ4n) is 0.800. The number of rotatable bonds is 4. The van der Waals surface area contributed by atoms with Crippen molar-refractivity contribution in [1.29, 1.82) is 0 Å². The maximum absolute atomic E-state index is 13.3. The summed E-state index contributed by atoms with van der Waals surface area (Å²) in [6.45, 7) is -0.0162. The molecule has 0 bridgehead atoms. The summed E-state index contributed by atoms with van der Waals surface area (Å²) in [6.07, 6.45) is 0. The van der Waals surface area contributed by atoms with E-state index in [1.807, 2.05) is 0 Å². The number of ether oxygens (including phenoxy) is 3. The molecule has 0 saturated heterocycles. The van der Waals surface area contributed by atoms with Crippen LogP contribution in [0.1, 0.15) is 1.37 Å². The van der Waals surface area contributed by atoms with Crippen molar-refractivity contribution < 1.29 is 20.0 Å². The van der Waals surface area contributed by atoms with Gasteiger partial charge in [-0.25, -0.2) is 4.39 Å². The van der Waals surface area contributed by atoms with E-state index in [2.05, 4.69) is 4.74 Å². The lowest BCUT2D eigenvalue weighted by Gasteiger charge is -2.06. The van der Waals surface area contributed by atoms with Gasteiger partial charge < -0.3 is 14.2 Å². The molecule has 0 radical (unpaired) electrons. The van der Waals surface area contributed by atoms with E-state index in [4.69, 9.17) is 10.8 Å². The third-order valence-electron chi connectivity index (χ3n) is 1.39. The lowest BCUT2D eigenvalue weighted by molar-refractivity contribution is 0.0508. The summed E-state index contributed by atoms with van der Waals surface area (Å²) in [5.74, 6) is -0.578. The molecular formula is C9H11FO3. The minimum Gasteiger partial charge on any atom is -0.494 e. The van der Waals surface area contributed by atoms with Gasteiger partial charge in [-0.3, -0.25) is 0 Å². The van der Waals surface area contributed by atoms with Crippen molar-refractivity contribution in [2.75, 3.05) is 21.0 Å². The molecule has 0 N–H and O–H groups in total. The SMILES string of the molecule is [2H]c1c(OCOC)ccc(OC)c1F. The van der Waals surface area contributed by atoms with Gasteiger partial charge in [0.05, 0.1) is 8.48 Å². The molecule has 0 aromatic heterocycles. The van der Waals surface area contributed by atoms with E-state index >= 15 is 0 Å². The first-order valence-electron chi connectivity index (χ1n) is 4.15. The molecule has 0 unspecified atom stereocenters. The monoisotopic (exact) mass is 187 g/mol. The Morgan fingerprint density at radius 3 is 2.85 bits per heavy atom. The molecule has 3 nitrogen and oxygen atoms in total. The van der Waals surface area contributed by atoms with Crippen LogP contribution in [0.5, 0.6) is 11.5 Å². The fraction of sp³-hybridized carbons (Fsp3) is 0.333. The highest BCUT2D eigenvalue weighted by Gasteiger charge is 2.03. The summed E-state index contributed by atoms with van der Waals surface area (Å²) in [6, 6.07) is 2.53. The third kappa shape index (κ3) is 2.59. The van der Waals surface area contributed by atoms with Crippen LogP contribution in [0.15, 0.2) is 18.2 Å². The highest BCUT2D eigenvalue weighted by atomic mass is 19.1. The third-order valence-corrected chi connectivity index (χ3v) is 1.39. The average Bonchev–Trinajstić information content (AvgIpc) is 2.20. The lowest BCUT2D eigenvalue weighted by Crippen LogP contribution is -1.99. The summed E-state index contributed by atoms with van der Waals surface area (Å²) in [5.41, 5.74) is 0. The predicted octanol–water partition coefficient (Wildman–Crippen LogP) is 1.82.